The highest BCUT2D eigenvalue weighted by Crippen LogP contribution is 2.24. The minimum atomic E-state index is -0.717. The van der Waals surface area contributed by atoms with Crippen LogP contribution in [0.5, 0.6) is 0 Å². The summed E-state index contributed by atoms with van der Waals surface area (Å²) >= 11 is 0. The Morgan fingerprint density at radius 2 is 2.00 bits per heavy atom. The van der Waals surface area contributed by atoms with Crippen molar-refractivity contribution in [3.05, 3.63) is 0 Å². The smallest absolute Gasteiger partial charge is 0.303 e. The van der Waals surface area contributed by atoms with Gasteiger partial charge in [-0.3, -0.25) is 4.79 Å². The topological polar surface area (TPSA) is 63.6 Å². The molecule has 1 saturated heterocycles. The Labute approximate surface area is 96.0 Å². The number of unbranched alkanes of at least 4 members (excludes halogenated alkanes) is 3. The Balaban J connectivity index is 1.98. The lowest BCUT2D eigenvalue weighted by Crippen LogP contribution is -2.13. The number of ether oxygens (including phenoxy) is 1. The van der Waals surface area contributed by atoms with Crippen molar-refractivity contribution in [2.24, 2.45) is 11.8 Å². The summed E-state index contributed by atoms with van der Waals surface area (Å²) in [6, 6.07) is 0. The molecule has 0 spiro atoms. The SMILES string of the molecule is O=C[C@@H]1COC[C@H]1CCCCCCC(=O)O. The van der Waals surface area contributed by atoms with Gasteiger partial charge in [-0.1, -0.05) is 19.3 Å². The van der Waals surface area contributed by atoms with E-state index < -0.39 is 5.97 Å². The number of aliphatic carboxylic acids is 1. The Morgan fingerprint density at radius 3 is 2.69 bits per heavy atom. The third-order valence-electron chi connectivity index (χ3n) is 3.14. The monoisotopic (exact) mass is 228 g/mol. The highest BCUT2D eigenvalue weighted by Gasteiger charge is 2.26. The first-order valence-electron chi connectivity index (χ1n) is 5.99. The molecule has 4 nitrogen and oxygen atoms in total. The Bertz CT molecular complexity index is 227. The van der Waals surface area contributed by atoms with Crippen LogP contribution < -0.4 is 0 Å². The molecule has 0 bridgehead atoms. The number of rotatable bonds is 8. The highest BCUT2D eigenvalue weighted by atomic mass is 16.5. The van der Waals surface area contributed by atoms with Crippen LogP contribution >= 0.6 is 0 Å². The first kappa shape index (κ1) is 13.2. The number of carbonyl (C=O) groups is 2. The lowest BCUT2D eigenvalue weighted by molar-refractivity contribution is -0.137. The van der Waals surface area contributed by atoms with Crippen molar-refractivity contribution < 1.29 is 19.4 Å². The molecule has 1 aliphatic rings. The fourth-order valence-electron chi connectivity index (χ4n) is 2.10. The van der Waals surface area contributed by atoms with Crippen molar-refractivity contribution >= 4 is 12.3 Å². The summed E-state index contributed by atoms with van der Waals surface area (Å²) in [6.07, 6.45) is 6.13. The van der Waals surface area contributed by atoms with E-state index in [0.717, 1.165) is 38.4 Å². The van der Waals surface area contributed by atoms with Crippen molar-refractivity contribution in [3.8, 4) is 0 Å². The van der Waals surface area contributed by atoms with Crippen molar-refractivity contribution in [3.63, 3.8) is 0 Å². The lowest BCUT2D eigenvalue weighted by atomic mass is 9.92. The summed E-state index contributed by atoms with van der Waals surface area (Å²) in [7, 11) is 0. The predicted octanol–water partition coefficient (Wildman–Crippen LogP) is 1.87. The number of hydrogen-bond donors (Lipinski definition) is 1. The third kappa shape index (κ3) is 4.75. The summed E-state index contributed by atoms with van der Waals surface area (Å²) < 4.78 is 5.26. The van der Waals surface area contributed by atoms with Crippen LogP contribution in [-0.4, -0.2) is 30.6 Å². The maximum absolute atomic E-state index is 10.7. The van der Waals surface area contributed by atoms with Crippen molar-refractivity contribution in [1.29, 1.82) is 0 Å². The molecule has 0 radical (unpaired) electrons. The van der Waals surface area contributed by atoms with E-state index in [2.05, 4.69) is 0 Å². The summed E-state index contributed by atoms with van der Waals surface area (Å²) in [6.45, 7) is 1.28. The maximum atomic E-state index is 10.7. The number of hydrogen-bond acceptors (Lipinski definition) is 3. The Kier molecular flexibility index (Phi) is 6.08. The molecule has 0 aromatic heterocycles. The summed E-state index contributed by atoms with van der Waals surface area (Å²) in [5.74, 6) is -0.249. The molecular weight excluding hydrogens is 208 g/mol. The minimum Gasteiger partial charge on any atom is -0.481 e. The summed E-state index contributed by atoms with van der Waals surface area (Å²) in [5, 5.41) is 8.45. The zero-order valence-corrected chi connectivity index (χ0v) is 9.56. The average molecular weight is 228 g/mol. The van der Waals surface area contributed by atoms with E-state index in [-0.39, 0.29) is 12.3 Å². The van der Waals surface area contributed by atoms with E-state index in [9.17, 15) is 9.59 Å². The normalized spacial score (nSPS) is 24.5. The van der Waals surface area contributed by atoms with Crippen molar-refractivity contribution in [2.45, 2.75) is 38.5 Å². The molecule has 0 aromatic rings. The molecule has 92 valence electrons. The van der Waals surface area contributed by atoms with E-state index in [1.54, 1.807) is 0 Å². The van der Waals surface area contributed by atoms with Crippen LogP contribution in [0.2, 0.25) is 0 Å². The first-order chi connectivity index (χ1) is 7.74. The second-order valence-corrected chi connectivity index (χ2v) is 4.44. The molecule has 1 fully saturated rings. The molecule has 1 aliphatic heterocycles. The molecule has 0 aliphatic carbocycles. The molecule has 0 saturated carbocycles. The van der Waals surface area contributed by atoms with Gasteiger partial charge in [0, 0.05) is 12.3 Å². The van der Waals surface area contributed by atoms with Gasteiger partial charge in [0.25, 0.3) is 0 Å². The number of carbonyl (C=O) groups excluding carboxylic acids is 1. The van der Waals surface area contributed by atoms with Crippen LogP contribution in [-0.2, 0) is 14.3 Å². The standard InChI is InChI=1S/C12H20O4/c13-7-11-9-16-8-10(11)5-3-1-2-4-6-12(14)15/h7,10-11H,1-6,8-9H2,(H,14,15)/t10-,11-/m1/s1. The molecule has 4 heteroatoms. The van der Waals surface area contributed by atoms with Crippen molar-refractivity contribution in [2.75, 3.05) is 13.2 Å². The van der Waals surface area contributed by atoms with Gasteiger partial charge in [-0.05, 0) is 18.8 Å². The van der Waals surface area contributed by atoms with Gasteiger partial charge in [0.05, 0.1) is 13.2 Å². The van der Waals surface area contributed by atoms with Crippen LogP contribution in [0, 0.1) is 11.8 Å². The highest BCUT2D eigenvalue weighted by molar-refractivity contribution is 5.66. The van der Waals surface area contributed by atoms with E-state index in [1.165, 1.54) is 0 Å². The zero-order valence-electron chi connectivity index (χ0n) is 9.56. The fourth-order valence-corrected chi connectivity index (χ4v) is 2.10. The Hall–Kier alpha value is -0.900. The quantitative estimate of drug-likeness (QED) is 0.509. The van der Waals surface area contributed by atoms with Crippen LogP contribution in [0.15, 0.2) is 0 Å². The second kappa shape index (κ2) is 7.39. The van der Waals surface area contributed by atoms with Crippen LogP contribution in [0.3, 0.4) is 0 Å². The van der Waals surface area contributed by atoms with Gasteiger partial charge in [-0.2, -0.15) is 0 Å². The van der Waals surface area contributed by atoms with Crippen LogP contribution in [0.4, 0.5) is 0 Å². The maximum Gasteiger partial charge on any atom is 0.303 e. The van der Waals surface area contributed by atoms with E-state index >= 15 is 0 Å². The lowest BCUT2D eigenvalue weighted by Gasteiger charge is -2.11. The summed E-state index contributed by atoms with van der Waals surface area (Å²) in [4.78, 5) is 21.0. The first-order valence-corrected chi connectivity index (χ1v) is 5.99. The summed E-state index contributed by atoms with van der Waals surface area (Å²) in [5.41, 5.74) is 0. The van der Waals surface area contributed by atoms with Gasteiger partial charge in [0.1, 0.15) is 6.29 Å². The second-order valence-electron chi connectivity index (χ2n) is 4.44. The van der Waals surface area contributed by atoms with Crippen LogP contribution in [0.25, 0.3) is 0 Å². The number of carboxylic acids is 1. The predicted molar refractivity (Wildman–Crippen MR) is 59.2 cm³/mol. The van der Waals surface area contributed by atoms with Gasteiger partial charge in [0.2, 0.25) is 0 Å². The molecule has 1 heterocycles. The molecule has 16 heavy (non-hydrogen) atoms. The van der Waals surface area contributed by atoms with E-state index in [1.807, 2.05) is 0 Å². The molecule has 0 aromatic carbocycles. The van der Waals surface area contributed by atoms with Gasteiger partial charge in [-0.25, -0.2) is 0 Å². The molecule has 0 amide bonds. The number of aldehydes is 1. The molecule has 2 atom stereocenters. The zero-order chi connectivity index (χ0) is 11.8. The van der Waals surface area contributed by atoms with Gasteiger partial charge < -0.3 is 14.6 Å². The van der Waals surface area contributed by atoms with Crippen molar-refractivity contribution in [1.82, 2.24) is 0 Å². The van der Waals surface area contributed by atoms with Gasteiger partial charge >= 0.3 is 5.97 Å². The van der Waals surface area contributed by atoms with E-state index in [0.29, 0.717) is 19.1 Å². The fraction of sp³-hybridized carbons (Fsp3) is 0.833. The molecule has 1 N–H and O–H groups in total. The van der Waals surface area contributed by atoms with Gasteiger partial charge in [0.15, 0.2) is 0 Å². The third-order valence-corrected chi connectivity index (χ3v) is 3.14. The Morgan fingerprint density at radius 1 is 1.25 bits per heavy atom. The average Bonchev–Trinajstić information content (AvgIpc) is 2.70. The molecule has 1 rings (SSSR count). The largest absolute Gasteiger partial charge is 0.481 e. The van der Waals surface area contributed by atoms with Gasteiger partial charge in [-0.15, -0.1) is 0 Å². The molecule has 0 unspecified atom stereocenters. The number of carboxylic acid groups (broad SMARTS) is 1. The van der Waals surface area contributed by atoms with E-state index in [4.69, 9.17) is 9.84 Å². The molecular formula is C12H20O4. The minimum absolute atomic E-state index is 0.0824. The van der Waals surface area contributed by atoms with Crippen LogP contribution in [0.1, 0.15) is 38.5 Å².